The first-order valence-electron chi connectivity index (χ1n) is 10.2. The molecular formula is C20H20N8O4. The highest BCUT2D eigenvalue weighted by Gasteiger charge is 2.29. The number of carboxylic acids is 1. The van der Waals surface area contributed by atoms with Gasteiger partial charge in [0.25, 0.3) is 5.56 Å². The average Bonchev–Trinajstić information content (AvgIpc) is 3.39. The van der Waals surface area contributed by atoms with Gasteiger partial charge < -0.3 is 14.4 Å². The van der Waals surface area contributed by atoms with Crippen LogP contribution in [0.25, 0.3) is 34.1 Å². The minimum atomic E-state index is -1.34. The Morgan fingerprint density at radius 1 is 1.28 bits per heavy atom. The van der Waals surface area contributed by atoms with Crippen LogP contribution >= 0.6 is 0 Å². The maximum absolute atomic E-state index is 12.9. The third-order valence-electron chi connectivity index (χ3n) is 5.67. The van der Waals surface area contributed by atoms with E-state index in [4.69, 9.17) is 9.72 Å². The van der Waals surface area contributed by atoms with Crippen LogP contribution in [0.2, 0.25) is 0 Å². The number of aromatic carboxylic acids is 1. The summed E-state index contributed by atoms with van der Waals surface area (Å²) in [6, 6.07) is 5.75. The smallest absolute Gasteiger partial charge is 0.358 e. The van der Waals surface area contributed by atoms with Gasteiger partial charge in [0, 0.05) is 18.7 Å². The molecule has 1 aliphatic rings. The van der Waals surface area contributed by atoms with Gasteiger partial charge in [-0.15, -0.1) is 10.2 Å². The molecule has 1 saturated carbocycles. The first kappa shape index (κ1) is 19.8. The van der Waals surface area contributed by atoms with Gasteiger partial charge in [-0.2, -0.15) is 5.21 Å². The Bertz CT molecular complexity index is 1390. The Hall–Kier alpha value is -4.09. The van der Waals surface area contributed by atoms with Crippen molar-refractivity contribution in [3.8, 4) is 28.8 Å². The molecule has 0 bridgehead atoms. The number of aromatic amines is 1. The maximum Gasteiger partial charge on any atom is 0.358 e. The first-order chi connectivity index (χ1) is 15.5. The predicted octanol–water partition coefficient (Wildman–Crippen LogP) is 1.80. The number of benzene rings is 1. The number of hydrogen-bond acceptors (Lipinski definition) is 8. The minimum absolute atomic E-state index is 0.149. The molecule has 0 spiro atoms. The number of aromatic nitrogens is 8. The molecule has 2 N–H and O–H groups in total. The van der Waals surface area contributed by atoms with Crippen LogP contribution in [-0.2, 0) is 7.05 Å². The number of tetrazole rings is 1. The summed E-state index contributed by atoms with van der Waals surface area (Å²) in [5.74, 6) is -0.565. The number of carboxylic acid groups (broad SMARTS) is 1. The van der Waals surface area contributed by atoms with E-state index in [1.807, 2.05) is 22.8 Å². The lowest BCUT2D eigenvalue weighted by Crippen LogP contribution is -2.27. The highest BCUT2D eigenvalue weighted by molar-refractivity contribution is 5.89. The van der Waals surface area contributed by atoms with E-state index in [9.17, 15) is 14.7 Å². The number of nitrogens with zero attached hydrogens (tertiary/aromatic N) is 7. The second-order valence-corrected chi connectivity index (χ2v) is 7.54. The van der Waals surface area contributed by atoms with Crippen molar-refractivity contribution in [1.82, 2.24) is 39.7 Å². The summed E-state index contributed by atoms with van der Waals surface area (Å²) >= 11 is 0. The van der Waals surface area contributed by atoms with E-state index in [2.05, 4.69) is 25.6 Å². The molecule has 3 heterocycles. The number of hydrogen-bond donors (Lipinski definition) is 2. The molecule has 3 aromatic heterocycles. The van der Waals surface area contributed by atoms with Crippen LogP contribution in [0, 0.1) is 0 Å². The molecule has 12 heteroatoms. The summed E-state index contributed by atoms with van der Waals surface area (Å²) in [7, 11) is 1.54. The van der Waals surface area contributed by atoms with E-state index in [0.717, 1.165) is 30.3 Å². The summed E-state index contributed by atoms with van der Waals surface area (Å²) in [6.45, 7) is 1.83. The predicted molar refractivity (Wildman–Crippen MR) is 112 cm³/mol. The molecular weight excluding hydrogens is 416 g/mol. The summed E-state index contributed by atoms with van der Waals surface area (Å²) < 4.78 is 8.61. The zero-order valence-corrected chi connectivity index (χ0v) is 17.4. The second kappa shape index (κ2) is 7.55. The van der Waals surface area contributed by atoms with E-state index in [1.54, 1.807) is 6.92 Å². The van der Waals surface area contributed by atoms with Gasteiger partial charge in [0.05, 0.1) is 17.6 Å². The highest BCUT2D eigenvalue weighted by atomic mass is 16.5. The molecule has 1 fully saturated rings. The summed E-state index contributed by atoms with van der Waals surface area (Å²) in [5.41, 5.74) is 1.28. The molecule has 1 aliphatic carbocycles. The molecule has 32 heavy (non-hydrogen) atoms. The van der Waals surface area contributed by atoms with Crippen LogP contribution in [0.3, 0.4) is 0 Å². The van der Waals surface area contributed by atoms with Crippen LogP contribution < -0.4 is 10.3 Å². The topological polar surface area (TPSA) is 154 Å². The lowest BCUT2D eigenvalue weighted by molar-refractivity contribution is 0.0685. The summed E-state index contributed by atoms with van der Waals surface area (Å²) in [5, 5.41) is 23.8. The van der Waals surface area contributed by atoms with Crippen LogP contribution in [0.4, 0.5) is 0 Å². The van der Waals surface area contributed by atoms with Gasteiger partial charge in [0.15, 0.2) is 17.3 Å². The number of imidazole rings is 1. The molecule has 0 amide bonds. The third kappa shape index (κ3) is 3.02. The standard InChI is InChI=1S/C20H20N8O4/c1-3-32-15-14(20(30)31)22-17(27(2)19(15)29)18-21-12-8-7-10(16-23-25-26-24-16)9-13(12)28(18)11-5-4-6-11/h7-9,11H,3-6H2,1-2H3,(H,30,31)(H,23,24,25,26). The SMILES string of the molecule is CCOc1c(C(=O)O)nc(-c2nc3ccc(-c4nn[nH]n4)cc3n2C2CCC2)n(C)c1=O. The number of ether oxygens (including phenoxy) is 1. The van der Waals surface area contributed by atoms with E-state index in [0.29, 0.717) is 17.2 Å². The van der Waals surface area contributed by atoms with Crippen molar-refractivity contribution in [2.45, 2.75) is 32.2 Å². The molecule has 0 radical (unpaired) electrons. The van der Waals surface area contributed by atoms with E-state index in [1.165, 1.54) is 11.6 Å². The molecule has 12 nitrogen and oxygen atoms in total. The van der Waals surface area contributed by atoms with Crippen molar-refractivity contribution in [2.24, 2.45) is 7.05 Å². The number of nitrogens with one attached hydrogen (secondary N) is 1. The molecule has 4 aromatic rings. The lowest BCUT2D eigenvalue weighted by atomic mass is 9.92. The van der Waals surface area contributed by atoms with E-state index < -0.39 is 17.2 Å². The van der Waals surface area contributed by atoms with Crippen molar-refractivity contribution in [2.75, 3.05) is 6.61 Å². The van der Waals surface area contributed by atoms with Gasteiger partial charge in [-0.05, 0) is 49.6 Å². The van der Waals surface area contributed by atoms with Crippen LogP contribution in [0.15, 0.2) is 23.0 Å². The molecule has 0 unspecified atom stereocenters. The molecule has 0 atom stereocenters. The Morgan fingerprint density at radius 3 is 2.72 bits per heavy atom. The molecule has 1 aromatic carbocycles. The summed E-state index contributed by atoms with van der Waals surface area (Å²) in [4.78, 5) is 33.8. The van der Waals surface area contributed by atoms with Gasteiger partial charge >= 0.3 is 5.97 Å². The van der Waals surface area contributed by atoms with Crippen molar-refractivity contribution in [3.05, 3.63) is 34.2 Å². The second-order valence-electron chi connectivity index (χ2n) is 7.54. The molecule has 0 aliphatic heterocycles. The van der Waals surface area contributed by atoms with Crippen molar-refractivity contribution < 1.29 is 14.6 Å². The number of H-pyrrole nitrogens is 1. The number of rotatable bonds is 6. The Kier molecular flexibility index (Phi) is 4.68. The van der Waals surface area contributed by atoms with E-state index >= 15 is 0 Å². The number of carbonyl (C=O) groups is 1. The van der Waals surface area contributed by atoms with Crippen LogP contribution in [0.1, 0.15) is 42.7 Å². The average molecular weight is 436 g/mol. The first-order valence-corrected chi connectivity index (χ1v) is 10.2. The van der Waals surface area contributed by atoms with Crippen molar-refractivity contribution in [3.63, 3.8) is 0 Å². The molecule has 0 saturated heterocycles. The zero-order valence-electron chi connectivity index (χ0n) is 17.4. The highest BCUT2D eigenvalue weighted by Crippen LogP contribution is 2.39. The minimum Gasteiger partial charge on any atom is -0.486 e. The van der Waals surface area contributed by atoms with E-state index in [-0.39, 0.29) is 24.2 Å². The van der Waals surface area contributed by atoms with Gasteiger partial charge in [0.1, 0.15) is 0 Å². The van der Waals surface area contributed by atoms with Gasteiger partial charge in [-0.3, -0.25) is 9.36 Å². The van der Waals surface area contributed by atoms with Crippen LogP contribution in [0.5, 0.6) is 5.75 Å². The maximum atomic E-state index is 12.9. The van der Waals surface area contributed by atoms with Crippen molar-refractivity contribution in [1.29, 1.82) is 0 Å². The fourth-order valence-corrected chi connectivity index (χ4v) is 3.89. The fraction of sp³-hybridized carbons (Fsp3) is 0.350. The molecule has 164 valence electrons. The lowest BCUT2D eigenvalue weighted by Gasteiger charge is -2.29. The van der Waals surface area contributed by atoms with Gasteiger partial charge in [-0.1, -0.05) is 0 Å². The Balaban J connectivity index is 1.77. The summed E-state index contributed by atoms with van der Waals surface area (Å²) in [6.07, 6.45) is 2.97. The van der Waals surface area contributed by atoms with Gasteiger partial charge in [0.2, 0.25) is 11.6 Å². The quantitative estimate of drug-likeness (QED) is 0.460. The normalized spacial score (nSPS) is 13.9. The molecule has 5 rings (SSSR count). The zero-order chi connectivity index (χ0) is 22.4. The monoisotopic (exact) mass is 436 g/mol. The largest absolute Gasteiger partial charge is 0.486 e. The third-order valence-corrected chi connectivity index (χ3v) is 5.67. The van der Waals surface area contributed by atoms with Crippen LogP contribution in [-0.4, -0.2) is 57.4 Å². The number of fused-ring (bicyclic) bond motifs is 1. The Morgan fingerprint density at radius 2 is 2.09 bits per heavy atom. The Labute approximate surface area is 180 Å². The fourth-order valence-electron chi connectivity index (χ4n) is 3.89. The van der Waals surface area contributed by atoms with Gasteiger partial charge in [-0.25, -0.2) is 14.8 Å². The van der Waals surface area contributed by atoms with Crippen molar-refractivity contribution >= 4 is 17.0 Å².